The van der Waals surface area contributed by atoms with Gasteiger partial charge in [-0.05, 0) is 26.8 Å². The molecule has 0 fully saturated rings. The topological polar surface area (TPSA) is 82.2 Å². The highest BCUT2D eigenvalue weighted by Gasteiger charge is 2.35. The Morgan fingerprint density at radius 1 is 1.48 bits per heavy atom. The van der Waals surface area contributed by atoms with Gasteiger partial charge in [0.1, 0.15) is 5.60 Å². The third-order valence-corrected chi connectivity index (χ3v) is 2.45. The summed E-state index contributed by atoms with van der Waals surface area (Å²) >= 11 is 0. The number of halogens is 3. The third kappa shape index (κ3) is 5.25. The lowest BCUT2D eigenvalue weighted by Gasteiger charge is -2.20. The van der Waals surface area contributed by atoms with Crippen LogP contribution in [0.4, 0.5) is 18.0 Å². The Labute approximate surface area is 120 Å². The lowest BCUT2D eigenvalue weighted by atomic mass is 10.2. The summed E-state index contributed by atoms with van der Waals surface area (Å²) in [5, 5.41) is 5.76. The van der Waals surface area contributed by atoms with Crippen molar-refractivity contribution in [1.29, 1.82) is 0 Å². The van der Waals surface area contributed by atoms with E-state index in [1.807, 2.05) is 0 Å². The van der Waals surface area contributed by atoms with Crippen molar-refractivity contribution in [3.8, 4) is 0 Å². The van der Waals surface area contributed by atoms with E-state index in [9.17, 15) is 18.0 Å². The molecule has 0 aromatic carbocycles. The molecule has 1 amide bonds. The Kier molecular flexibility index (Phi) is 4.87. The molecular formula is C12H19F3N4O2. The van der Waals surface area contributed by atoms with Crippen molar-refractivity contribution in [2.24, 2.45) is 12.8 Å². The summed E-state index contributed by atoms with van der Waals surface area (Å²) in [4.78, 5) is 11.5. The van der Waals surface area contributed by atoms with Crippen molar-refractivity contribution < 1.29 is 22.7 Å². The van der Waals surface area contributed by atoms with Crippen LogP contribution in [0.1, 0.15) is 38.2 Å². The number of rotatable bonds is 3. The summed E-state index contributed by atoms with van der Waals surface area (Å²) in [7, 11) is 1.36. The van der Waals surface area contributed by atoms with Gasteiger partial charge in [-0.3, -0.25) is 4.68 Å². The van der Waals surface area contributed by atoms with Crippen LogP contribution in [0.5, 0.6) is 0 Å². The molecule has 1 aromatic heterocycles. The smallest absolute Gasteiger partial charge is 0.435 e. The molecule has 0 saturated heterocycles. The summed E-state index contributed by atoms with van der Waals surface area (Å²) in [6.45, 7) is 5.03. The van der Waals surface area contributed by atoms with Crippen molar-refractivity contribution in [1.82, 2.24) is 15.1 Å². The molecule has 9 heteroatoms. The van der Waals surface area contributed by atoms with Gasteiger partial charge in [0.2, 0.25) is 0 Å². The normalized spacial score (nSPS) is 13.9. The average Bonchev–Trinajstić information content (AvgIpc) is 2.65. The number of nitrogens with zero attached hydrogens (tertiary/aromatic N) is 2. The average molecular weight is 308 g/mol. The second kappa shape index (κ2) is 5.92. The van der Waals surface area contributed by atoms with E-state index < -0.39 is 29.6 Å². The Bertz CT molecular complexity index is 506. The number of carbonyl (C=O) groups excluding carboxylic acids is 1. The molecule has 0 aliphatic carbocycles. The first-order valence-electron chi connectivity index (χ1n) is 6.23. The SMILES string of the molecule is Cn1nc(C(F)(F)F)cc1C(N)CNC(=O)OC(C)(C)C. The first-order valence-corrected chi connectivity index (χ1v) is 6.23. The molecule has 6 nitrogen and oxygen atoms in total. The van der Waals surface area contributed by atoms with Crippen LogP contribution in [0.25, 0.3) is 0 Å². The number of aryl methyl sites for hydroxylation is 1. The van der Waals surface area contributed by atoms with E-state index in [0.717, 1.165) is 10.7 Å². The van der Waals surface area contributed by atoms with Crippen LogP contribution in [0.15, 0.2) is 6.07 Å². The molecule has 3 N–H and O–H groups in total. The Morgan fingerprint density at radius 3 is 2.48 bits per heavy atom. The highest BCUT2D eigenvalue weighted by Crippen LogP contribution is 2.29. The zero-order valence-corrected chi connectivity index (χ0v) is 12.3. The number of nitrogens with one attached hydrogen (secondary N) is 1. The van der Waals surface area contributed by atoms with Gasteiger partial charge in [-0.25, -0.2) is 4.79 Å². The van der Waals surface area contributed by atoms with Crippen molar-refractivity contribution >= 4 is 6.09 Å². The molecule has 1 rings (SSSR count). The minimum atomic E-state index is -4.53. The maximum Gasteiger partial charge on any atom is 0.435 e. The van der Waals surface area contributed by atoms with E-state index in [-0.39, 0.29) is 12.2 Å². The first kappa shape index (κ1) is 17.3. The molecule has 1 unspecified atom stereocenters. The molecule has 0 saturated carbocycles. The molecule has 21 heavy (non-hydrogen) atoms. The van der Waals surface area contributed by atoms with Crippen LogP contribution >= 0.6 is 0 Å². The maximum atomic E-state index is 12.5. The molecule has 1 aromatic rings. The van der Waals surface area contributed by atoms with Gasteiger partial charge in [-0.15, -0.1) is 0 Å². The monoisotopic (exact) mass is 308 g/mol. The fourth-order valence-electron chi connectivity index (χ4n) is 1.58. The second-order valence-corrected chi connectivity index (χ2v) is 5.57. The Balaban J connectivity index is 2.66. The number of alkyl halides is 3. The van der Waals surface area contributed by atoms with E-state index in [1.54, 1.807) is 20.8 Å². The van der Waals surface area contributed by atoms with E-state index >= 15 is 0 Å². The predicted octanol–water partition coefficient (Wildman–Crippen LogP) is 1.96. The highest BCUT2D eigenvalue weighted by atomic mass is 19.4. The highest BCUT2D eigenvalue weighted by molar-refractivity contribution is 5.67. The quantitative estimate of drug-likeness (QED) is 0.894. The van der Waals surface area contributed by atoms with Crippen molar-refractivity contribution in [3.05, 3.63) is 17.5 Å². The zero-order chi connectivity index (χ0) is 16.4. The third-order valence-electron chi connectivity index (χ3n) is 2.45. The summed E-state index contributed by atoms with van der Waals surface area (Å²) in [5.41, 5.74) is 4.25. The Morgan fingerprint density at radius 2 is 2.05 bits per heavy atom. The number of nitrogens with two attached hydrogens (primary N) is 1. The standard InChI is InChI=1S/C12H19F3N4O2/c1-11(2,3)21-10(20)17-6-7(16)8-5-9(12(13,14)15)18-19(8)4/h5,7H,6,16H2,1-4H3,(H,17,20). The summed E-state index contributed by atoms with van der Waals surface area (Å²) < 4.78 is 43.7. The molecule has 1 atom stereocenters. The van der Waals surface area contributed by atoms with Gasteiger partial charge in [0.05, 0.1) is 11.7 Å². The van der Waals surface area contributed by atoms with Crippen LogP contribution in [0.2, 0.25) is 0 Å². The number of amides is 1. The van der Waals surface area contributed by atoms with Gasteiger partial charge in [-0.1, -0.05) is 0 Å². The van der Waals surface area contributed by atoms with Gasteiger partial charge in [0.15, 0.2) is 5.69 Å². The van der Waals surface area contributed by atoms with E-state index in [1.165, 1.54) is 7.05 Å². The van der Waals surface area contributed by atoms with Crippen molar-refractivity contribution in [2.75, 3.05) is 6.54 Å². The second-order valence-electron chi connectivity index (χ2n) is 5.57. The number of aromatic nitrogens is 2. The van der Waals surface area contributed by atoms with Crippen molar-refractivity contribution in [3.63, 3.8) is 0 Å². The molecule has 0 aliphatic rings. The van der Waals surface area contributed by atoms with Gasteiger partial charge in [0.25, 0.3) is 0 Å². The van der Waals surface area contributed by atoms with E-state index in [0.29, 0.717) is 0 Å². The van der Waals surface area contributed by atoms with Crippen LogP contribution in [-0.4, -0.2) is 28.0 Å². The molecule has 0 radical (unpaired) electrons. The van der Waals surface area contributed by atoms with Gasteiger partial charge < -0.3 is 15.8 Å². The first-order chi connectivity index (χ1) is 9.40. The van der Waals surface area contributed by atoms with Crippen LogP contribution in [-0.2, 0) is 18.0 Å². The fourth-order valence-corrected chi connectivity index (χ4v) is 1.58. The lowest BCUT2D eigenvalue weighted by Crippen LogP contribution is -2.37. The van der Waals surface area contributed by atoms with Gasteiger partial charge in [0, 0.05) is 13.6 Å². The number of carbonyl (C=O) groups is 1. The van der Waals surface area contributed by atoms with Crippen molar-refractivity contribution in [2.45, 2.75) is 38.6 Å². The summed E-state index contributed by atoms with van der Waals surface area (Å²) in [6.07, 6.45) is -5.22. The van der Waals surface area contributed by atoms with Crippen LogP contribution < -0.4 is 11.1 Å². The largest absolute Gasteiger partial charge is 0.444 e. The minimum Gasteiger partial charge on any atom is -0.444 e. The number of alkyl carbamates (subject to hydrolysis) is 1. The number of hydrogen-bond donors (Lipinski definition) is 2. The number of hydrogen-bond acceptors (Lipinski definition) is 4. The summed E-state index contributed by atoms with van der Waals surface area (Å²) in [6, 6.07) is 0.0349. The molecule has 0 spiro atoms. The van der Waals surface area contributed by atoms with E-state index in [4.69, 9.17) is 10.5 Å². The molecule has 0 aliphatic heterocycles. The van der Waals surface area contributed by atoms with E-state index in [2.05, 4.69) is 10.4 Å². The Hall–Kier alpha value is -1.77. The van der Waals surface area contributed by atoms with Gasteiger partial charge >= 0.3 is 12.3 Å². The maximum absolute atomic E-state index is 12.5. The fraction of sp³-hybridized carbons (Fsp3) is 0.667. The van der Waals surface area contributed by atoms with Crippen LogP contribution in [0, 0.1) is 0 Å². The minimum absolute atomic E-state index is 0.0637. The molecule has 120 valence electrons. The number of ether oxygens (including phenoxy) is 1. The van der Waals surface area contributed by atoms with Crippen LogP contribution in [0.3, 0.4) is 0 Å². The predicted molar refractivity (Wildman–Crippen MR) is 69.4 cm³/mol. The molecule has 0 bridgehead atoms. The lowest BCUT2D eigenvalue weighted by molar-refractivity contribution is -0.141. The van der Waals surface area contributed by atoms with Gasteiger partial charge in [-0.2, -0.15) is 18.3 Å². The summed E-state index contributed by atoms with van der Waals surface area (Å²) in [5.74, 6) is 0. The molecule has 1 heterocycles. The zero-order valence-electron chi connectivity index (χ0n) is 12.3. The molecular weight excluding hydrogens is 289 g/mol.